The number of hydrogen-bond acceptors (Lipinski definition) is 5. The lowest BCUT2D eigenvalue weighted by atomic mass is 10.1. The van der Waals surface area contributed by atoms with Crippen molar-refractivity contribution < 1.29 is 19.5 Å². The smallest absolute Gasteiger partial charge is 0.322 e. The summed E-state index contributed by atoms with van der Waals surface area (Å²) in [6, 6.07) is 6.88. The van der Waals surface area contributed by atoms with E-state index in [1.807, 2.05) is 6.92 Å². The third-order valence-electron chi connectivity index (χ3n) is 3.63. The number of carboxylic acids is 1. The molecule has 1 aromatic heterocycles. The van der Waals surface area contributed by atoms with Gasteiger partial charge in [0.25, 0.3) is 5.91 Å². The molecule has 144 valence electrons. The molecule has 0 aliphatic heterocycles. The Morgan fingerprint density at radius 3 is 2.44 bits per heavy atom. The van der Waals surface area contributed by atoms with Crippen LogP contribution >= 0.6 is 11.3 Å². The van der Waals surface area contributed by atoms with Crippen molar-refractivity contribution in [1.29, 1.82) is 0 Å². The molecule has 0 unspecified atom stereocenters. The van der Waals surface area contributed by atoms with E-state index in [0.717, 1.165) is 22.7 Å². The van der Waals surface area contributed by atoms with Gasteiger partial charge in [-0.2, -0.15) is 0 Å². The molecule has 3 N–H and O–H groups in total. The molecule has 0 aliphatic rings. The molecule has 0 radical (unpaired) electrons. The van der Waals surface area contributed by atoms with Crippen molar-refractivity contribution >= 4 is 34.8 Å². The maximum Gasteiger partial charge on any atom is 0.322 e. The lowest BCUT2D eigenvalue weighted by molar-refractivity contribution is -0.137. The Bertz CT molecular complexity index is 828. The van der Waals surface area contributed by atoms with Gasteiger partial charge in [-0.15, -0.1) is 11.3 Å². The van der Waals surface area contributed by atoms with Crippen LogP contribution in [0.25, 0.3) is 0 Å². The van der Waals surface area contributed by atoms with Crippen molar-refractivity contribution in [2.45, 2.75) is 33.6 Å². The first kappa shape index (κ1) is 20.6. The highest BCUT2D eigenvalue weighted by molar-refractivity contribution is 7.13. The number of nitrogens with one attached hydrogen (secondary N) is 2. The van der Waals surface area contributed by atoms with Crippen molar-refractivity contribution in [3.63, 3.8) is 0 Å². The van der Waals surface area contributed by atoms with Gasteiger partial charge in [0.1, 0.15) is 11.4 Å². The minimum absolute atomic E-state index is 0.0775. The van der Waals surface area contributed by atoms with E-state index in [0.29, 0.717) is 16.5 Å². The number of carboxylic acid groups (broad SMARTS) is 1. The van der Waals surface area contributed by atoms with Gasteiger partial charge < -0.3 is 15.7 Å². The standard InChI is InChI=1S/C19H23N3O4S/c1-11(2)8-15-18(27-12(3)21-15)19(26)22-14-6-4-13(5-7-14)9-16(23)20-10-17(24)25/h4-7,11H,8-10H2,1-3H3,(H,20,23)(H,22,26)(H,24,25). The Morgan fingerprint density at radius 1 is 1.19 bits per heavy atom. The van der Waals surface area contributed by atoms with Crippen LogP contribution in [0.2, 0.25) is 0 Å². The highest BCUT2D eigenvalue weighted by atomic mass is 32.1. The molecule has 0 atom stereocenters. The fourth-order valence-electron chi connectivity index (χ4n) is 2.49. The van der Waals surface area contributed by atoms with Crippen LogP contribution in [0.15, 0.2) is 24.3 Å². The highest BCUT2D eigenvalue weighted by Crippen LogP contribution is 2.22. The highest BCUT2D eigenvalue weighted by Gasteiger charge is 2.18. The van der Waals surface area contributed by atoms with Gasteiger partial charge in [0.2, 0.25) is 5.91 Å². The summed E-state index contributed by atoms with van der Waals surface area (Å²) in [6.45, 7) is 5.65. The normalized spacial score (nSPS) is 10.7. The second-order valence-electron chi connectivity index (χ2n) is 6.60. The number of amides is 2. The molecule has 2 amide bonds. The third-order valence-corrected chi connectivity index (χ3v) is 4.64. The van der Waals surface area contributed by atoms with E-state index >= 15 is 0 Å². The van der Waals surface area contributed by atoms with Gasteiger partial charge >= 0.3 is 5.97 Å². The summed E-state index contributed by atoms with van der Waals surface area (Å²) in [5.41, 5.74) is 2.16. The predicted molar refractivity (Wildman–Crippen MR) is 104 cm³/mol. The molecule has 7 nitrogen and oxygen atoms in total. The average Bonchev–Trinajstić information content (AvgIpc) is 2.94. The fourth-order valence-corrected chi connectivity index (χ4v) is 3.33. The van der Waals surface area contributed by atoms with Crippen molar-refractivity contribution in [2.24, 2.45) is 5.92 Å². The first-order valence-corrected chi connectivity index (χ1v) is 9.41. The first-order valence-electron chi connectivity index (χ1n) is 8.59. The van der Waals surface area contributed by atoms with Gasteiger partial charge in [-0.05, 0) is 37.0 Å². The predicted octanol–water partition coefficient (Wildman–Crippen LogP) is 2.65. The molecule has 1 aromatic carbocycles. The van der Waals surface area contributed by atoms with E-state index in [4.69, 9.17) is 5.11 Å². The molecule has 0 aliphatic carbocycles. The molecular formula is C19H23N3O4S. The van der Waals surface area contributed by atoms with Crippen LogP contribution in [0.3, 0.4) is 0 Å². The SMILES string of the molecule is Cc1nc(CC(C)C)c(C(=O)Nc2ccc(CC(=O)NCC(=O)O)cc2)s1. The van der Waals surface area contributed by atoms with E-state index in [-0.39, 0.29) is 18.2 Å². The number of aliphatic carboxylic acids is 1. The second kappa shape index (κ2) is 9.27. The van der Waals surface area contributed by atoms with Crippen LogP contribution in [0.1, 0.15) is 39.8 Å². The topological polar surface area (TPSA) is 108 Å². The maximum absolute atomic E-state index is 12.6. The number of anilines is 1. The lowest BCUT2D eigenvalue weighted by Gasteiger charge is -2.08. The number of aromatic nitrogens is 1. The summed E-state index contributed by atoms with van der Waals surface area (Å²) in [5, 5.41) is 14.6. The minimum Gasteiger partial charge on any atom is -0.480 e. The molecular weight excluding hydrogens is 366 g/mol. The molecule has 0 saturated carbocycles. The number of aryl methyl sites for hydroxylation is 1. The average molecular weight is 389 g/mol. The van der Waals surface area contributed by atoms with E-state index < -0.39 is 12.5 Å². The molecule has 27 heavy (non-hydrogen) atoms. The van der Waals surface area contributed by atoms with Crippen LogP contribution in [0, 0.1) is 12.8 Å². The van der Waals surface area contributed by atoms with Gasteiger partial charge in [-0.3, -0.25) is 14.4 Å². The van der Waals surface area contributed by atoms with Crippen molar-refractivity contribution in [1.82, 2.24) is 10.3 Å². The van der Waals surface area contributed by atoms with Gasteiger partial charge in [-0.1, -0.05) is 26.0 Å². The number of carbonyl (C=O) groups excluding carboxylic acids is 2. The Morgan fingerprint density at radius 2 is 1.85 bits per heavy atom. The number of rotatable bonds is 8. The Hall–Kier alpha value is -2.74. The summed E-state index contributed by atoms with van der Waals surface area (Å²) in [5.74, 6) is -1.24. The van der Waals surface area contributed by atoms with Crippen molar-refractivity contribution in [3.05, 3.63) is 45.4 Å². The van der Waals surface area contributed by atoms with Gasteiger partial charge in [0.15, 0.2) is 0 Å². The van der Waals surface area contributed by atoms with Gasteiger partial charge in [0.05, 0.1) is 17.1 Å². The summed E-state index contributed by atoms with van der Waals surface area (Å²) in [4.78, 5) is 39.8. The Labute approximate surface area is 161 Å². The van der Waals surface area contributed by atoms with E-state index in [1.54, 1.807) is 24.3 Å². The van der Waals surface area contributed by atoms with Crippen molar-refractivity contribution in [2.75, 3.05) is 11.9 Å². The largest absolute Gasteiger partial charge is 0.480 e. The van der Waals surface area contributed by atoms with Crippen LogP contribution in [-0.4, -0.2) is 34.4 Å². The number of nitrogens with zero attached hydrogens (tertiary/aromatic N) is 1. The molecule has 0 fully saturated rings. The molecule has 8 heteroatoms. The molecule has 0 saturated heterocycles. The zero-order chi connectivity index (χ0) is 20.0. The van der Waals surface area contributed by atoms with Crippen LogP contribution in [0.5, 0.6) is 0 Å². The second-order valence-corrected chi connectivity index (χ2v) is 7.81. The van der Waals surface area contributed by atoms with Crippen LogP contribution in [-0.2, 0) is 22.4 Å². The van der Waals surface area contributed by atoms with Crippen LogP contribution < -0.4 is 10.6 Å². The molecule has 0 bridgehead atoms. The van der Waals surface area contributed by atoms with E-state index in [9.17, 15) is 14.4 Å². The molecule has 0 spiro atoms. The number of benzene rings is 1. The summed E-state index contributed by atoms with van der Waals surface area (Å²) in [6.07, 6.45) is 0.825. The number of carbonyl (C=O) groups is 3. The lowest BCUT2D eigenvalue weighted by Crippen LogP contribution is -2.30. The third kappa shape index (κ3) is 6.49. The van der Waals surface area contributed by atoms with E-state index in [2.05, 4.69) is 29.5 Å². The fraction of sp³-hybridized carbons (Fsp3) is 0.368. The number of thiazole rings is 1. The van der Waals surface area contributed by atoms with Crippen LogP contribution in [0.4, 0.5) is 5.69 Å². The molecule has 1 heterocycles. The summed E-state index contributed by atoms with van der Waals surface area (Å²) < 4.78 is 0. The summed E-state index contributed by atoms with van der Waals surface area (Å²) in [7, 11) is 0. The summed E-state index contributed by atoms with van der Waals surface area (Å²) >= 11 is 1.38. The zero-order valence-corrected chi connectivity index (χ0v) is 16.4. The van der Waals surface area contributed by atoms with E-state index in [1.165, 1.54) is 11.3 Å². The monoisotopic (exact) mass is 389 g/mol. The molecule has 2 aromatic rings. The van der Waals surface area contributed by atoms with Crippen molar-refractivity contribution in [3.8, 4) is 0 Å². The first-order chi connectivity index (χ1) is 12.7. The van der Waals surface area contributed by atoms with Gasteiger partial charge in [0, 0.05) is 5.69 Å². The number of hydrogen-bond donors (Lipinski definition) is 3. The maximum atomic E-state index is 12.6. The zero-order valence-electron chi connectivity index (χ0n) is 15.5. The Kier molecular flexibility index (Phi) is 7.06. The Balaban J connectivity index is 1.99. The molecule has 2 rings (SSSR count). The van der Waals surface area contributed by atoms with Gasteiger partial charge in [-0.25, -0.2) is 4.98 Å². The quantitative estimate of drug-likeness (QED) is 0.643. The minimum atomic E-state index is -1.09.